The number of nitrogens with zero attached hydrogens (tertiary/aromatic N) is 1. The van der Waals surface area contributed by atoms with E-state index in [4.69, 9.17) is 5.73 Å². The van der Waals surface area contributed by atoms with Crippen molar-refractivity contribution in [2.75, 3.05) is 32.1 Å². The van der Waals surface area contributed by atoms with Crippen LogP contribution in [0.15, 0.2) is 0 Å². The maximum Gasteiger partial charge on any atom is 0.148 e. The molecule has 0 aromatic heterocycles. The van der Waals surface area contributed by atoms with Gasteiger partial charge in [-0.25, -0.2) is 8.42 Å². The van der Waals surface area contributed by atoms with E-state index in [1.807, 2.05) is 11.9 Å². The molecule has 0 aliphatic heterocycles. The van der Waals surface area contributed by atoms with Crippen molar-refractivity contribution in [3.8, 4) is 0 Å². The zero-order valence-corrected chi connectivity index (χ0v) is 11.0. The van der Waals surface area contributed by atoms with Crippen LogP contribution in [0, 0.1) is 5.92 Å². The van der Waals surface area contributed by atoms with Crippen LogP contribution in [-0.4, -0.2) is 51.5 Å². The SMILES string of the molecule is CC(C)CC(CN)N(C)CCS(C)(=O)=O. The molecule has 0 aliphatic carbocycles. The van der Waals surface area contributed by atoms with Crippen molar-refractivity contribution in [1.82, 2.24) is 4.90 Å². The molecule has 1 unspecified atom stereocenters. The highest BCUT2D eigenvalue weighted by molar-refractivity contribution is 7.90. The van der Waals surface area contributed by atoms with Gasteiger partial charge in [-0.3, -0.25) is 0 Å². The van der Waals surface area contributed by atoms with Crippen molar-refractivity contribution in [2.45, 2.75) is 26.3 Å². The molecule has 0 amide bonds. The van der Waals surface area contributed by atoms with Gasteiger partial charge in [-0.15, -0.1) is 0 Å². The molecule has 0 heterocycles. The highest BCUT2D eigenvalue weighted by atomic mass is 32.2. The van der Waals surface area contributed by atoms with Crippen LogP contribution >= 0.6 is 0 Å². The second-order valence-electron chi connectivity index (χ2n) is 4.63. The third-order valence-corrected chi connectivity index (χ3v) is 3.38. The lowest BCUT2D eigenvalue weighted by Gasteiger charge is -2.28. The van der Waals surface area contributed by atoms with Gasteiger partial charge in [-0.1, -0.05) is 13.8 Å². The molecule has 4 nitrogen and oxygen atoms in total. The fourth-order valence-electron chi connectivity index (χ4n) is 1.49. The molecule has 1 atom stereocenters. The second-order valence-corrected chi connectivity index (χ2v) is 6.89. The molecule has 0 bridgehead atoms. The normalized spacial score (nSPS) is 14.9. The molecule has 0 spiro atoms. The maximum absolute atomic E-state index is 11.0. The van der Waals surface area contributed by atoms with E-state index >= 15 is 0 Å². The smallest absolute Gasteiger partial charge is 0.148 e. The van der Waals surface area contributed by atoms with Crippen LogP contribution in [0.25, 0.3) is 0 Å². The molecule has 15 heavy (non-hydrogen) atoms. The first-order valence-electron chi connectivity index (χ1n) is 5.34. The van der Waals surface area contributed by atoms with Gasteiger partial charge >= 0.3 is 0 Å². The second kappa shape index (κ2) is 6.45. The standard InChI is InChI=1S/C10H24N2O2S/c1-9(2)7-10(8-11)12(3)5-6-15(4,13)14/h9-10H,5-8,11H2,1-4H3. The molecular formula is C10H24N2O2S. The van der Waals surface area contributed by atoms with Gasteiger partial charge in [0.15, 0.2) is 0 Å². The number of hydrogen-bond acceptors (Lipinski definition) is 4. The average molecular weight is 236 g/mol. The number of rotatable bonds is 7. The van der Waals surface area contributed by atoms with Gasteiger partial charge in [0.25, 0.3) is 0 Å². The van der Waals surface area contributed by atoms with E-state index in [2.05, 4.69) is 13.8 Å². The summed E-state index contributed by atoms with van der Waals surface area (Å²) in [6, 6.07) is 0.284. The fourth-order valence-corrected chi connectivity index (χ4v) is 2.11. The first-order valence-corrected chi connectivity index (χ1v) is 7.40. The van der Waals surface area contributed by atoms with Gasteiger partial charge in [-0.05, 0) is 19.4 Å². The van der Waals surface area contributed by atoms with E-state index in [1.165, 1.54) is 6.26 Å². The lowest BCUT2D eigenvalue weighted by atomic mass is 10.0. The molecule has 0 aromatic carbocycles. The topological polar surface area (TPSA) is 63.4 Å². The van der Waals surface area contributed by atoms with Crippen molar-refractivity contribution in [3.05, 3.63) is 0 Å². The Morgan fingerprint density at radius 1 is 1.33 bits per heavy atom. The first kappa shape index (κ1) is 14.9. The van der Waals surface area contributed by atoms with Gasteiger partial charge in [0, 0.05) is 25.4 Å². The molecule has 0 aliphatic rings. The zero-order valence-electron chi connectivity index (χ0n) is 10.2. The van der Waals surface area contributed by atoms with Crippen LogP contribution < -0.4 is 5.73 Å². The Balaban J connectivity index is 4.10. The maximum atomic E-state index is 11.0. The molecule has 0 saturated heterocycles. The largest absolute Gasteiger partial charge is 0.329 e. The molecule has 92 valence electrons. The first-order chi connectivity index (χ1) is 6.76. The molecule has 2 N–H and O–H groups in total. The highest BCUT2D eigenvalue weighted by Gasteiger charge is 2.15. The summed E-state index contributed by atoms with van der Waals surface area (Å²) in [6.45, 7) is 5.44. The molecular weight excluding hydrogens is 212 g/mol. The van der Waals surface area contributed by atoms with Crippen molar-refractivity contribution in [3.63, 3.8) is 0 Å². The predicted molar refractivity (Wildman–Crippen MR) is 64.6 cm³/mol. The summed E-state index contributed by atoms with van der Waals surface area (Å²) in [5, 5.41) is 0. The van der Waals surface area contributed by atoms with Gasteiger partial charge in [-0.2, -0.15) is 0 Å². The van der Waals surface area contributed by atoms with Gasteiger partial charge in [0.1, 0.15) is 9.84 Å². The van der Waals surface area contributed by atoms with E-state index in [1.54, 1.807) is 0 Å². The van der Waals surface area contributed by atoms with Crippen molar-refractivity contribution >= 4 is 9.84 Å². The lowest BCUT2D eigenvalue weighted by molar-refractivity contribution is 0.229. The van der Waals surface area contributed by atoms with Crippen LogP contribution in [0.2, 0.25) is 0 Å². The third kappa shape index (κ3) is 7.76. The van der Waals surface area contributed by atoms with Crippen LogP contribution in [0.4, 0.5) is 0 Å². The minimum Gasteiger partial charge on any atom is -0.329 e. The molecule has 0 rings (SSSR count). The molecule has 0 saturated carbocycles. The highest BCUT2D eigenvalue weighted by Crippen LogP contribution is 2.09. The Bertz CT molecular complexity index is 263. The van der Waals surface area contributed by atoms with Crippen molar-refractivity contribution in [1.29, 1.82) is 0 Å². The van der Waals surface area contributed by atoms with E-state index < -0.39 is 9.84 Å². The summed E-state index contributed by atoms with van der Waals surface area (Å²) in [7, 11) is -0.936. The van der Waals surface area contributed by atoms with Crippen LogP contribution in [0.3, 0.4) is 0 Å². The summed E-state index contributed by atoms with van der Waals surface area (Å²) in [5.41, 5.74) is 5.67. The summed E-state index contributed by atoms with van der Waals surface area (Å²) in [4.78, 5) is 2.04. The van der Waals surface area contributed by atoms with Crippen LogP contribution in [0.1, 0.15) is 20.3 Å². The number of sulfone groups is 1. The van der Waals surface area contributed by atoms with E-state index in [0.717, 1.165) is 6.42 Å². The van der Waals surface area contributed by atoms with Crippen LogP contribution in [0.5, 0.6) is 0 Å². The lowest BCUT2D eigenvalue weighted by Crippen LogP contribution is -2.41. The van der Waals surface area contributed by atoms with Crippen LogP contribution in [-0.2, 0) is 9.84 Å². The monoisotopic (exact) mass is 236 g/mol. The Morgan fingerprint density at radius 3 is 2.20 bits per heavy atom. The zero-order chi connectivity index (χ0) is 12.1. The summed E-state index contributed by atoms with van der Waals surface area (Å²) >= 11 is 0. The van der Waals surface area contributed by atoms with Crippen molar-refractivity contribution < 1.29 is 8.42 Å². The summed E-state index contributed by atoms with van der Waals surface area (Å²) in [5.74, 6) is 0.789. The van der Waals surface area contributed by atoms with E-state index in [9.17, 15) is 8.42 Å². The third-order valence-electron chi connectivity index (χ3n) is 2.45. The van der Waals surface area contributed by atoms with E-state index in [-0.39, 0.29) is 11.8 Å². The number of hydrogen-bond donors (Lipinski definition) is 1. The quantitative estimate of drug-likeness (QED) is 0.692. The number of likely N-dealkylation sites (N-methyl/N-ethyl adjacent to an activating group) is 1. The summed E-state index contributed by atoms with van der Waals surface area (Å²) < 4.78 is 22.0. The predicted octanol–water partition coefficient (Wildman–Crippen LogP) is 0.336. The minimum absolute atomic E-state index is 0.206. The Hall–Kier alpha value is -0.130. The number of nitrogens with two attached hydrogens (primary N) is 1. The minimum atomic E-state index is -2.87. The molecule has 0 fully saturated rings. The Labute approximate surface area is 93.7 Å². The Kier molecular flexibility index (Phi) is 6.40. The average Bonchev–Trinajstić information content (AvgIpc) is 2.08. The molecule has 0 aromatic rings. The Morgan fingerprint density at radius 2 is 1.87 bits per heavy atom. The molecule has 0 radical (unpaired) electrons. The van der Waals surface area contributed by atoms with Gasteiger partial charge in [0.2, 0.25) is 0 Å². The molecule has 5 heteroatoms. The van der Waals surface area contributed by atoms with Crippen molar-refractivity contribution in [2.24, 2.45) is 11.7 Å². The fraction of sp³-hybridized carbons (Fsp3) is 1.00. The van der Waals surface area contributed by atoms with E-state index in [0.29, 0.717) is 19.0 Å². The van der Waals surface area contributed by atoms with Gasteiger partial charge in [0.05, 0.1) is 5.75 Å². The van der Waals surface area contributed by atoms with Gasteiger partial charge < -0.3 is 10.6 Å². The summed E-state index contributed by atoms with van der Waals surface area (Å²) in [6.07, 6.45) is 2.28.